The molecular weight excluding hydrogens is 400 g/mol. The first-order valence-corrected chi connectivity index (χ1v) is 10.7. The zero-order chi connectivity index (χ0) is 21.9. The summed E-state index contributed by atoms with van der Waals surface area (Å²) in [6.07, 6.45) is 0. The molecule has 3 aromatic rings. The predicted molar refractivity (Wildman–Crippen MR) is 114 cm³/mol. The molecular formula is C24H22O5S. The summed E-state index contributed by atoms with van der Waals surface area (Å²) in [4.78, 5) is 0.227. The van der Waals surface area contributed by atoms with Crippen LogP contribution in [0.15, 0.2) is 76.5 Å². The van der Waals surface area contributed by atoms with Gasteiger partial charge in [0.15, 0.2) is 0 Å². The van der Waals surface area contributed by atoms with Gasteiger partial charge in [-0.2, -0.15) is 0 Å². The van der Waals surface area contributed by atoms with Crippen molar-refractivity contribution in [2.75, 3.05) is 0 Å². The number of rotatable bonds is 4. The minimum Gasteiger partial charge on any atom is -0.508 e. The molecule has 0 spiro atoms. The lowest BCUT2D eigenvalue weighted by molar-refractivity contribution is 0.143. The van der Waals surface area contributed by atoms with Crippen molar-refractivity contribution >= 4 is 9.84 Å². The fraction of sp³-hybridized carbons (Fsp3) is 0.167. The minimum absolute atomic E-state index is 0.00235. The van der Waals surface area contributed by atoms with Gasteiger partial charge in [0.25, 0.3) is 0 Å². The number of benzene rings is 3. The van der Waals surface area contributed by atoms with Crippen molar-refractivity contribution < 1.29 is 23.4 Å². The van der Waals surface area contributed by atoms with Crippen LogP contribution in [0.5, 0.6) is 17.2 Å². The number of aromatic hydroxyl groups is 1. The van der Waals surface area contributed by atoms with Crippen LogP contribution in [0.25, 0.3) is 0 Å². The second-order valence-electron chi connectivity index (χ2n) is 7.31. The second kappa shape index (κ2) is 8.23. The Labute approximate surface area is 176 Å². The Bertz CT molecular complexity index is 1210. The van der Waals surface area contributed by atoms with Crippen LogP contribution in [-0.4, -0.2) is 24.2 Å². The quantitative estimate of drug-likeness (QED) is 0.607. The van der Waals surface area contributed by atoms with Crippen LogP contribution in [0.4, 0.5) is 0 Å². The molecule has 3 aromatic carbocycles. The van der Waals surface area contributed by atoms with E-state index < -0.39 is 15.4 Å². The van der Waals surface area contributed by atoms with Gasteiger partial charge in [-0.25, -0.2) is 8.42 Å². The van der Waals surface area contributed by atoms with Gasteiger partial charge in [-0.05, 0) is 81.4 Å². The first-order chi connectivity index (χ1) is 14.1. The number of ether oxygens (including phenoxy) is 1. The Morgan fingerprint density at radius 1 is 0.900 bits per heavy atom. The molecule has 0 amide bonds. The molecule has 0 aliphatic carbocycles. The number of aliphatic hydroxyl groups is 1. The highest BCUT2D eigenvalue weighted by molar-refractivity contribution is 7.91. The van der Waals surface area contributed by atoms with E-state index in [-0.39, 0.29) is 15.5 Å². The summed E-state index contributed by atoms with van der Waals surface area (Å²) >= 11 is 0. The van der Waals surface area contributed by atoms with Crippen LogP contribution in [0, 0.1) is 18.8 Å². The van der Waals surface area contributed by atoms with Crippen molar-refractivity contribution in [3.63, 3.8) is 0 Å². The topological polar surface area (TPSA) is 83.8 Å². The molecule has 0 saturated carbocycles. The highest BCUT2D eigenvalue weighted by Crippen LogP contribution is 2.29. The Kier molecular flexibility index (Phi) is 5.88. The van der Waals surface area contributed by atoms with Gasteiger partial charge in [0.05, 0.1) is 9.79 Å². The van der Waals surface area contributed by atoms with E-state index in [4.69, 9.17) is 4.74 Å². The van der Waals surface area contributed by atoms with E-state index in [1.165, 1.54) is 36.4 Å². The number of phenolic OH excluding ortho intramolecular Hbond substituents is 1. The van der Waals surface area contributed by atoms with Gasteiger partial charge < -0.3 is 14.9 Å². The van der Waals surface area contributed by atoms with Gasteiger partial charge in [-0.3, -0.25) is 0 Å². The third-order valence-corrected chi connectivity index (χ3v) is 6.08. The molecule has 5 nitrogen and oxygen atoms in total. The lowest BCUT2D eigenvalue weighted by atomic mass is 10.1. The summed E-state index contributed by atoms with van der Waals surface area (Å²) in [5.74, 6) is 6.81. The highest BCUT2D eigenvalue weighted by Gasteiger charge is 2.17. The normalized spacial score (nSPS) is 11.5. The first kappa shape index (κ1) is 21.4. The van der Waals surface area contributed by atoms with Gasteiger partial charge in [0, 0.05) is 11.1 Å². The largest absolute Gasteiger partial charge is 0.508 e. The summed E-state index contributed by atoms with van der Waals surface area (Å²) in [5.41, 5.74) is 0.457. The molecule has 2 N–H and O–H groups in total. The lowest BCUT2D eigenvalue weighted by Crippen LogP contribution is -2.14. The fourth-order valence-corrected chi connectivity index (χ4v) is 3.92. The first-order valence-electron chi connectivity index (χ1n) is 9.23. The average molecular weight is 423 g/mol. The molecule has 0 bridgehead atoms. The van der Waals surface area contributed by atoms with Gasteiger partial charge in [-0.1, -0.05) is 17.9 Å². The number of phenols is 1. The Morgan fingerprint density at radius 3 is 2.03 bits per heavy atom. The monoisotopic (exact) mass is 422 g/mol. The van der Waals surface area contributed by atoms with Gasteiger partial charge in [-0.15, -0.1) is 0 Å². The maximum Gasteiger partial charge on any atom is 0.206 e. The predicted octanol–water partition coefficient (Wildman–Crippen LogP) is 4.45. The molecule has 0 aliphatic heterocycles. The van der Waals surface area contributed by atoms with E-state index in [2.05, 4.69) is 11.8 Å². The minimum atomic E-state index is -3.69. The molecule has 0 fully saturated rings. The summed E-state index contributed by atoms with van der Waals surface area (Å²) in [7, 11) is -3.69. The van der Waals surface area contributed by atoms with Crippen LogP contribution < -0.4 is 4.74 Å². The second-order valence-corrected chi connectivity index (χ2v) is 9.26. The van der Waals surface area contributed by atoms with E-state index in [1.807, 2.05) is 13.0 Å². The van der Waals surface area contributed by atoms with Crippen molar-refractivity contribution in [2.24, 2.45) is 0 Å². The van der Waals surface area contributed by atoms with Crippen LogP contribution in [-0.2, 0) is 9.84 Å². The lowest BCUT2D eigenvalue weighted by Gasteiger charge is -2.11. The van der Waals surface area contributed by atoms with Crippen molar-refractivity contribution in [3.05, 3.63) is 77.9 Å². The van der Waals surface area contributed by atoms with Crippen LogP contribution in [0.1, 0.15) is 25.0 Å². The van der Waals surface area contributed by atoms with Crippen LogP contribution in [0.2, 0.25) is 0 Å². The van der Waals surface area contributed by atoms with Crippen molar-refractivity contribution in [1.29, 1.82) is 0 Å². The highest BCUT2D eigenvalue weighted by atomic mass is 32.2. The molecule has 154 valence electrons. The fourth-order valence-electron chi connectivity index (χ4n) is 2.66. The summed E-state index contributed by atoms with van der Waals surface area (Å²) < 4.78 is 31.3. The number of sulfone groups is 1. The molecule has 6 heteroatoms. The van der Waals surface area contributed by atoms with Crippen molar-refractivity contribution in [2.45, 2.75) is 36.2 Å². The summed E-state index contributed by atoms with van der Waals surface area (Å²) in [6, 6.07) is 17.0. The zero-order valence-electron chi connectivity index (χ0n) is 16.9. The van der Waals surface area contributed by atoms with E-state index in [0.717, 1.165) is 11.1 Å². The van der Waals surface area contributed by atoms with E-state index >= 15 is 0 Å². The van der Waals surface area contributed by atoms with Gasteiger partial charge >= 0.3 is 0 Å². The molecule has 0 saturated heterocycles. The zero-order valence-corrected chi connectivity index (χ0v) is 17.7. The van der Waals surface area contributed by atoms with E-state index in [9.17, 15) is 18.6 Å². The van der Waals surface area contributed by atoms with Gasteiger partial charge in [0.2, 0.25) is 9.84 Å². The summed E-state index contributed by atoms with van der Waals surface area (Å²) in [6.45, 7) is 5.10. The Balaban J connectivity index is 1.84. The molecule has 0 aromatic heterocycles. The SMILES string of the molecule is Cc1c(C#CC(C)(C)O)cccc1Oc1ccc(S(=O)(=O)c2ccc(O)cc2)cc1. The summed E-state index contributed by atoms with van der Waals surface area (Å²) in [5, 5.41) is 19.1. The molecule has 0 atom stereocenters. The van der Waals surface area contributed by atoms with Gasteiger partial charge in [0.1, 0.15) is 22.8 Å². The standard InChI is InChI=1S/C24H22O5S/c1-17-18(15-16-24(2,3)26)5-4-6-23(17)29-20-9-13-22(14-10-20)30(27,28)21-11-7-19(25)8-12-21/h4-14,25-26H,1-3H3. The molecule has 0 unspecified atom stereocenters. The molecule has 30 heavy (non-hydrogen) atoms. The molecule has 0 heterocycles. The van der Waals surface area contributed by atoms with Crippen LogP contribution in [0.3, 0.4) is 0 Å². The Morgan fingerprint density at radius 2 is 1.47 bits per heavy atom. The average Bonchev–Trinajstić information content (AvgIpc) is 2.69. The molecule has 0 aliphatic rings. The smallest absolute Gasteiger partial charge is 0.206 e. The maximum absolute atomic E-state index is 12.7. The number of hydrogen-bond acceptors (Lipinski definition) is 5. The third kappa shape index (κ3) is 5.01. The van der Waals surface area contributed by atoms with Crippen LogP contribution >= 0.6 is 0 Å². The molecule has 3 rings (SSSR count). The van der Waals surface area contributed by atoms with Crippen molar-refractivity contribution in [1.82, 2.24) is 0 Å². The molecule has 0 radical (unpaired) electrons. The Hall–Kier alpha value is -3.27. The maximum atomic E-state index is 12.7. The van der Waals surface area contributed by atoms with E-state index in [1.54, 1.807) is 38.1 Å². The van der Waals surface area contributed by atoms with E-state index in [0.29, 0.717) is 11.5 Å². The van der Waals surface area contributed by atoms with Crippen molar-refractivity contribution in [3.8, 4) is 29.1 Å². The third-order valence-electron chi connectivity index (χ3n) is 4.30. The number of hydrogen-bond donors (Lipinski definition) is 2.